The zero-order valence-corrected chi connectivity index (χ0v) is 6.30. The van der Waals surface area contributed by atoms with E-state index in [0.717, 1.165) is 0 Å². The highest BCUT2D eigenvalue weighted by atomic mass is 32.1. The minimum atomic E-state index is -0.514. The Balaban J connectivity index is 3.62. The summed E-state index contributed by atoms with van der Waals surface area (Å²) in [7, 11) is 0. The highest BCUT2D eigenvalue weighted by Gasteiger charge is 2.06. The molecular formula is C5H10N2O2S. The molecule has 0 aromatic carbocycles. The number of carbonyl (C=O) groups is 2. The van der Waals surface area contributed by atoms with Crippen LogP contribution in [0.2, 0.25) is 0 Å². The molecule has 3 N–H and O–H groups in total. The molecule has 0 saturated carbocycles. The summed E-state index contributed by atoms with van der Waals surface area (Å²) in [5, 5.41) is 2.36. The maximum Gasteiger partial charge on any atom is 0.234 e. The van der Waals surface area contributed by atoms with Gasteiger partial charge < -0.3 is 15.8 Å². The quantitative estimate of drug-likeness (QED) is 0.350. The molecule has 58 valence electrons. The SMILES string of the molecule is NCC(=O)NC(C=O)CS. The van der Waals surface area contributed by atoms with Crippen molar-refractivity contribution < 1.29 is 9.59 Å². The van der Waals surface area contributed by atoms with Crippen molar-refractivity contribution >= 4 is 24.8 Å². The Morgan fingerprint density at radius 3 is 2.70 bits per heavy atom. The average Bonchev–Trinajstić information content (AvgIpc) is 1.99. The molecular weight excluding hydrogens is 152 g/mol. The fraction of sp³-hybridized carbons (Fsp3) is 0.600. The topological polar surface area (TPSA) is 72.2 Å². The minimum absolute atomic E-state index is 0.0991. The Labute approximate surface area is 64.6 Å². The van der Waals surface area contributed by atoms with E-state index in [-0.39, 0.29) is 12.5 Å². The summed E-state index contributed by atoms with van der Waals surface area (Å²) in [6, 6.07) is -0.514. The van der Waals surface area contributed by atoms with Crippen molar-refractivity contribution in [1.29, 1.82) is 0 Å². The summed E-state index contributed by atoms with van der Waals surface area (Å²) >= 11 is 3.82. The molecule has 1 atom stereocenters. The van der Waals surface area contributed by atoms with Gasteiger partial charge in [0.2, 0.25) is 5.91 Å². The van der Waals surface area contributed by atoms with Crippen LogP contribution in [0.3, 0.4) is 0 Å². The van der Waals surface area contributed by atoms with E-state index < -0.39 is 6.04 Å². The Kier molecular flexibility index (Phi) is 4.96. The number of nitrogens with one attached hydrogen (secondary N) is 1. The molecule has 10 heavy (non-hydrogen) atoms. The van der Waals surface area contributed by atoms with Crippen molar-refractivity contribution in [2.45, 2.75) is 6.04 Å². The van der Waals surface area contributed by atoms with E-state index in [0.29, 0.717) is 12.0 Å². The second-order valence-electron chi connectivity index (χ2n) is 1.70. The molecule has 0 aliphatic carbocycles. The van der Waals surface area contributed by atoms with Crippen LogP contribution in [0, 0.1) is 0 Å². The third kappa shape index (κ3) is 3.47. The first-order valence-electron chi connectivity index (χ1n) is 2.80. The lowest BCUT2D eigenvalue weighted by atomic mass is 10.4. The monoisotopic (exact) mass is 162 g/mol. The van der Waals surface area contributed by atoms with Gasteiger partial charge in [-0.1, -0.05) is 0 Å². The summed E-state index contributed by atoms with van der Waals surface area (Å²) < 4.78 is 0. The number of hydrogen-bond acceptors (Lipinski definition) is 4. The van der Waals surface area contributed by atoms with Gasteiger partial charge in [-0.05, 0) is 0 Å². The molecule has 0 heterocycles. The van der Waals surface area contributed by atoms with Gasteiger partial charge in [0.1, 0.15) is 6.29 Å². The molecule has 5 heteroatoms. The molecule has 0 radical (unpaired) electrons. The van der Waals surface area contributed by atoms with E-state index in [2.05, 4.69) is 17.9 Å². The molecule has 0 fully saturated rings. The number of nitrogens with two attached hydrogens (primary N) is 1. The smallest absolute Gasteiger partial charge is 0.234 e. The molecule has 0 saturated heterocycles. The van der Waals surface area contributed by atoms with Gasteiger partial charge in [0.05, 0.1) is 12.6 Å². The Morgan fingerprint density at radius 1 is 1.80 bits per heavy atom. The number of carbonyl (C=O) groups excluding carboxylic acids is 2. The predicted molar refractivity (Wildman–Crippen MR) is 40.9 cm³/mol. The lowest BCUT2D eigenvalue weighted by molar-refractivity contribution is -0.122. The summed E-state index contributed by atoms with van der Waals surface area (Å²) in [6.45, 7) is -0.0991. The number of hydrogen-bond donors (Lipinski definition) is 3. The number of thiol groups is 1. The van der Waals surface area contributed by atoms with Crippen molar-refractivity contribution in [3.05, 3.63) is 0 Å². The second-order valence-corrected chi connectivity index (χ2v) is 2.06. The van der Waals surface area contributed by atoms with Crippen LogP contribution in [-0.4, -0.2) is 30.5 Å². The molecule has 0 rings (SSSR count). The van der Waals surface area contributed by atoms with E-state index in [4.69, 9.17) is 5.73 Å². The Hall–Kier alpha value is -0.550. The number of amides is 1. The molecule has 0 aromatic heterocycles. The van der Waals surface area contributed by atoms with Crippen molar-refractivity contribution in [1.82, 2.24) is 5.32 Å². The van der Waals surface area contributed by atoms with E-state index in [1.54, 1.807) is 0 Å². The van der Waals surface area contributed by atoms with Crippen molar-refractivity contribution in [3.8, 4) is 0 Å². The first-order chi connectivity index (χ1) is 4.74. The third-order valence-electron chi connectivity index (χ3n) is 0.893. The zero-order chi connectivity index (χ0) is 7.98. The van der Waals surface area contributed by atoms with Gasteiger partial charge in [-0.15, -0.1) is 0 Å². The first kappa shape index (κ1) is 9.45. The van der Waals surface area contributed by atoms with Crippen LogP contribution in [0.4, 0.5) is 0 Å². The highest BCUT2D eigenvalue weighted by molar-refractivity contribution is 7.80. The minimum Gasteiger partial charge on any atom is -0.345 e. The normalized spacial score (nSPS) is 12.2. The van der Waals surface area contributed by atoms with E-state index in [1.807, 2.05) is 0 Å². The summed E-state index contributed by atoms with van der Waals surface area (Å²) in [5.74, 6) is -0.0407. The third-order valence-corrected chi connectivity index (χ3v) is 1.29. The van der Waals surface area contributed by atoms with Gasteiger partial charge in [-0.25, -0.2) is 0 Å². The van der Waals surface area contributed by atoms with Crippen LogP contribution in [-0.2, 0) is 9.59 Å². The van der Waals surface area contributed by atoms with Crippen LogP contribution in [0.1, 0.15) is 0 Å². The standard InChI is InChI=1S/C5H10N2O2S/c6-1-5(9)7-4(2-8)3-10/h2,4,10H,1,3,6H2,(H,7,9). The summed E-state index contributed by atoms with van der Waals surface area (Å²) in [5.41, 5.74) is 4.98. The molecule has 0 bridgehead atoms. The van der Waals surface area contributed by atoms with Crippen molar-refractivity contribution in [3.63, 3.8) is 0 Å². The van der Waals surface area contributed by atoms with Crippen LogP contribution in [0.15, 0.2) is 0 Å². The van der Waals surface area contributed by atoms with Gasteiger partial charge in [-0.3, -0.25) is 4.79 Å². The van der Waals surface area contributed by atoms with Crippen molar-refractivity contribution in [2.24, 2.45) is 5.73 Å². The fourth-order valence-corrected chi connectivity index (χ4v) is 0.566. The molecule has 1 unspecified atom stereocenters. The van der Waals surface area contributed by atoms with Gasteiger partial charge >= 0.3 is 0 Å². The Morgan fingerprint density at radius 2 is 2.40 bits per heavy atom. The fourth-order valence-electron chi connectivity index (χ4n) is 0.388. The number of rotatable bonds is 4. The summed E-state index contributed by atoms with van der Waals surface area (Å²) in [6.07, 6.45) is 0.626. The molecule has 0 aliphatic rings. The molecule has 0 aromatic rings. The lowest BCUT2D eigenvalue weighted by Crippen LogP contribution is -2.40. The second kappa shape index (κ2) is 5.25. The van der Waals surface area contributed by atoms with Crippen LogP contribution < -0.4 is 11.1 Å². The zero-order valence-electron chi connectivity index (χ0n) is 5.41. The average molecular weight is 162 g/mol. The highest BCUT2D eigenvalue weighted by Crippen LogP contribution is 1.81. The maximum atomic E-state index is 10.5. The van der Waals surface area contributed by atoms with E-state index >= 15 is 0 Å². The Bertz CT molecular complexity index is 129. The predicted octanol–water partition coefficient (Wildman–Crippen LogP) is -1.44. The summed E-state index contributed by atoms with van der Waals surface area (Å²) in [4.78, 5) is 20.6. The molecule has 1 amide bonds. The van der Waals surface area contributed by atoms with Gasteiger partial charge in [-0.2, -0.15) is 12.6 Å². The molecule has 4 nitrogen and oxygen atoms in total. The maximum absolute atomic E-state index is 10.5. The molecule has 0 spiro atoms. The molecule has 0 aliphatic heterocycles. The van der Waals surface area contributed by atoms with Gasteiger partial charge in [0, 0.05) is 5.75 Å². The lowest BCUT2D eigenvalue weighted by Gasteiger charge is -2.07. The van der Waals surface area contributed by atoms with Crippen molar-refractivity contribution in [2.75, 3.05) is 12.3 Å². The van der Waals surface area contributed by atoms with Gasteiger partial charge in [0.15, 0.2) is 0 Å². The largest absolute Gasteiger partial charge is 0.345 e. The van der Waals surface area contributed by atoms with E-state index in [1.165, 1.54) is 0 Å². The van der Waals surface area contributed by atoms with Crippen LogP contribution >= 0.6 is 12.6 Å². The first-order valence-corrected chi connectivity index (χ1v) is 3.43. The van der Waals surface area contributed by atoms with Crippen LogP contribution in [0.5, 0.6) is 0 Å². The van der Waals surface area contributed by atoms with Gasteiger partial charge in [0.25, 0.3) is 0 Å². The van der Waals surface area contributed by atoms with E-state index in [9.17, 15) is 9.59 Å². The number of aldehydes is 1. The van der Waals surface area contributed by atoms with Crippen LogP contribution in [0.25, 0.3) is 0 Å².